The van der Waals surface area contributed by atoms with Gasteiger partial charge >= 0.3 is 0 Å². The average Bonchev–Trinajstić information content (AvgIpc) is 3.20. The predicted molar refractivity (Wildman–Crippen MR) is 152 cm³/mol. The molecule has 5 rings (SSSR count). The van der Waals surface area contributed by atoms with Gasteiger partial charge in [-0.25, -0.2) is 0 Å². The Morgan fingerprint density at radius 2 is 1.70 bits per heavy atom. The lowest BCUT2D eigenvalue weighted by Gasteiger charge is -2.45. The van der Waals surface area contributed by atoms with E-state index >= 15 is 0 Å². The largest absolute Gasteiger partial charge is 0.394 e. The number of likely N-dealkylation sites (tertiary alicyclic amines) is 1. The molecule has 0 radical (unpaired) electrons. The van der Waals surface area contributed by atoms with Gasteiger partial charge in [0.1, 0.15) is 11.6 Å². The number of fused-ring (bicyclic) bond motifs is 2. The lowest BCUT2D eigenvalue weighted by Crippen LogP contribution is -2.61. The van der Waals surface area contributed by atoms with Crippen LogP contribution in [0.3, 0.4) is 0 Å². The molecular formula is C32H43N3O5. The monoisotopic (exact) mass is 549 g/mol. The standard InChI is InChI=1S/C32H43N3O5/c1-21(19-36)35-26-29(39)34(31(5,6)20-30(2,3)4)17-11-15-32(26)25(28(35)38)24-23(40-32)14-10-16-33(27(24)37)18-22-12-8-7-9-13-22/h7-15,21,23-26,36H,16-20H2,1-6H3/t21-,23+,24-,25+,26?,32+/m1/s1. The Morgan fingerprint density at radius 3 is 2.35 bits per heavy atom. The highest BCUT2D eigenvalue weighted by Crippen LogP contribution is 2.54. The first-order chi connectivity index (χ1) is 18.8. The quantitative estimate of drug-likeness (QED) is 0.551. The predicted octanol–water partition coefficient (Wildman–Crippen LogP) is 3.16. The maximum absolute atomic E-state index is 14.6. The van der Waals surface area contributed by atoms with E-state index in [1.807, 2.05) is 59.5 Å². The molecule has 1 aromatic rings. The molecule has 0 aromatic heterocycles. The van der Waals surface area contributed by atoms with Crippen LogP contribution in [-0.2, 0) is 25.7 Å². The van der Waals surface area contributed by atoms with E-state index in [0.717, 1.165) is 12.0 Å². The highest BCUT2D eigenvalue weighted by Gasteiger charge is 2.72. The summed E-state index contributed by atoms with van der Waals surface area (Å²) in [4.78, 5) is 48.1. The number of carbonyl (C=O) groups is 3. The molecule has 0 bridgehead atoms. The summed E-state index contributed by atoms with van der Waals surface area (Å²) in [6.45, 7) is 13.2. The minimum Gasteiger partial charge on any atom is -0.394 e. The first-order valence-electron chi connectivity index (χ1n) is 14.4. The fourth-order valence-electron chi connectivity index (χ4n) is 7.57. The molecule has 4 aliphatic rings. The number of aliphatic hydroxyl groups excluding tert-OH is 1. The third-order valence-electron chi connectivity index (χ3n) is 8.83. The normalized spacial score (nSPS) is 31.2. The number of ether oxygens (including phenoxy) is 1. The Hall–Kier alpha value is -2.97. The SMILES string of the molecule is C[C@H](CO)N1C(=O)[C@@H]2[C@@H]3C(=O)N(Cc4ccccc4)CC=C[C@@H]3O[C@@]23C=CCN(C(C)(C)CC(C)(C)C)C(=O)C13. The summed E-state index contributed by atoms with van der Waals surface area (Å²) in [6.07, 6.45) is 7.74. The molecule has 216 valence electrons. The van der Waals surface area contributed by atoms with Crippen LogP contribution in [0.4, 0.5) is 0 Å². The highest BCUT2D eigenvalue weighted by atomic mass is 16.5. The molecule has 1 spiro atoms. The molecule has 2 fully saturated rings. The molecule has 40 heavy (non-hydrogen) atoms. The minimum atomic E-state index is -1.30. The Kier molecular flexibility index (Phi) is 7.24. The molecule has 8 nitrogen and oxygen atoms in total. The highest BCUT2D eigenvalue weighted by molar-refractivity contribution is 6.00. The van der Waals surface area contributed by atoms with Gasteiger partial charge in [-0.15, -0.1) is 0 Å². The van der Waals surface area contributed by atoms with Gasteiger partial charge in [-0.05, 0) is 38.2 Å². The third kappa shape index (κ3) is 4.69. The summed E-state index contributed by atoms with van der Waals surface area (Å²) in [5.41, 5.74) is -0.815. The number of nitrogens with zero attached hydrogens (tertiary/aromatic N) is 3. The second-order valence-electron chi connectivity index (χ2n) is 13.7. The van der Waals surface area contributed by atoms with E-state index in [1.165, 1.54) is 4.90 Å². The maximum atomic E-state index is 14.6. The lowest BCUT2D eigenvalue weighted by molar-refractivity contribution is -0.154. The van der Waals surface area contributed by atoms with Crippen molar-refractivity contribution in [2.45, 2.75) is 83.8 Å². The second-order valence-corrected chi connectivity index (χ2v) is 13.7. The summed E-state index contributed by atoms with van der Waals surface area (Å²) >= 11 is 0. The fourth-order valence-corrected chi connectivity index (χ4v) is 7.57. The summed E-state index contributed by atoms with van der Waals surface area (Å²) in [7, 11) is 0. The summed E-state index contributed by atoms with van der Waals surface area (Å²) < 4.78 is 6.72. The Bertz CT molecular complexity index is 1220. The van der Waals surface area contributed by atoms with Gasteiger partial charge in [0.25, 0.3) is 0 Å². The van der Waals surface area contributed by atoms with Crippen molar-refractivity contribution in [3.63, 3.8) is 0 Å². The zero-order chi connectivity index (χ0) is 29.0. The molecule has 4 heterocycles. The van der Waals surface area contributed by atoms with Crippen LogP contribution in [0.15, 0.2) is 54.6 Å². The van der Waals surface area contributed by atoms with Crippen LogP contribution in [0.2, 0.25) is 0 Å². The molecule has 3 amide bonds. The summed E-state index contributed by atoms with van der Waals surface area (Å²) in [6, 6.07) is 8.20. The van der Waals surface area contributed by atoms with Crippen LogP contribution < -0.4 is 0 Å². The molecule has 1 aromatic carbocycles. The van der Waals surface area contributed by atoms with Crippen molar-refractivity contribution in [1.82, 2.24) is 14.7 Å². The van der Waals surface area contributed by atoms with Gasteiger partial charge in [-0.1, -0.05) is 75.4 Å². The Balaban J connectivity index is 1.56. The van der Waals surface area contributed by atoms with E-state index in [4.69, 9.17) is 4.74 Å². The first kappa shape index (κ1) is 28.6. The van der Waals surface area contributed by atoms with E-state index in [1.54, 1.807) is 11.8 Å². The molecule has 2 saturated heterocycles. The summed E-state index contributed by atoms with van der Waals surface area (Å²) in [5, 5.41) is 10.2. The zero-order valence-corrected chi connectivity index (χ0v) is 24.5. The fraction of sp³-hybridized carbons (Fsp3) is 0.594. The van der Waals surface area contributed by atoms with Crippen molar-refractivity contribution in [1.29, 1.82) is 0 Å². The zero-order valence-electron chi connectivity index (χ0n) is 24.5. The van der Waals surface area contributed by atoms with E-state index in [0.29, 0.717) is 19.6 Å². The lowest BCUT2D eigenvalue weighted by atomic mass is 9.77. The van der Waals surface area contributed by atoms with Gasteiger partial charge in [0.15, 0.2) is 0 Å². The van der Waals surface area contributed by atoms with Gasteiger partial charge in [-0.3, -0.25) is 14.4 Å². The van der Waals surface area contributed by atoms with Crippen molar-refractivity contribution >= 4 is 17.7 Å². The van der Waals surface area contributed by atoms with Crippen molar-refractivity contribution < 1.29 is 24.2 Å². The van der Waals surface area contributed by atoms with Crippen molar-refractivity contribution in [2.75, 3.05) is 19.7 Å². The topological polar surface area (TPSA) is 90.4 Å². The molecule has 1 unspecified atom stereocenters. The van der Waals surface area contributed by atoms with Crippen LogP contribution >= 0.6 is 0 Å². The molecule has 0 aliphatic carbocycles. The van der Waals surface area contributed by atoms with Crippen LogP contribution in [-0.4, -0.2) is 86.6 Å². The first-order valence-corrected chi connectivity index (χ1v) is 14.4. The van der Waals surface area contributed by atoms with Crippen molar-refractivity contribution in [3.8, 4) is 0 Å². The smallest absolute Gasteiger partial charge is 0.249 e. The number of rotatable bonds is 6. The summed E-state index contributed by atoms with van der Waals surface area (Å²) in [5.74, 6) is -2.29. The number of hydrogen-bond acceptors (Lipinski definition) is 5. The van der Waals surface area contributed by atoms with E-state index < -0.39 is 41.2 Å². The number of amides is 3. The molecule has 6 atom stereocenters. The van der Waals surface area contributed by atoms with Crippen LogP contribution in [0.1, 0.15) is 53.5 Å². The van der Waals surface area contributed by atoms with Gasteiger partial charge in [0.2, 0.25) is 17.7 Å². The van der Waals surface area contributed by atoms with Gasteiger partial charge in [-0.2, -0.15) is 0 Å². The molecule has 1 N–H and O–H groups in total. The number of benzene rings is 1. The number of aliphatic hydroxyl groups is 1. The van der Waals surface area contributed by atoms with Gasteiger partial charge < -0.3 is 24.5 Å². The van der Waals surface area contributed by atoms with Crippen LogP contribution in [0.5, 0.6) is 0 Å². The molecular weight excluding hydrogens is 506 g/mol. The Morgan fingerprint density at radius 1 is 1.00 bits per heavy atom. The van der Waals surface area contributed by atoms with E-state index in [2.05, 4.69) is 34.6 Å². The van der Waals surface area contributed by atoms with Gasteiger partial charge in [0, 0.05) is 25.2 Å². The van der Waals surface area contributed by atoms with Gasteiger partial charge in [0.05, 0.1) is 30.6 Å². The van der Waals surface area contributed by atoms with E-state index in [-0.39, 0.29) is 29.7 Å². The maximum Gasteiger partial charge on any atom is 0.249 e. The van der Waals surface area contributed by atoms with Crippen LogP contribution in [0, 0.1) is 17.3 Å². The van der Waals surface area contributed by atoms with E-state index in [9.17, 15) is 19.5 Å². The van der Waals surface area contributed by atoms with Crippen molar-refractivity contribution in [2.24, 2.45) is 17.3 Å². The number of hydrogen-bond donors (Lipinski definition) is 1. The molecule has 8 heteroatoms. The van der Waals surface area contributed by atoms with Crippen LogP contribution in [0.25, 0.3) is 0 Å². The molecule has 0 saturated carbocycles. The molecule has 4 aliphatic heterocycles. The third-order valence-corrected chi connectivity index (χ3v) is 8.83. The average molecular weight is 550 g/mol. The van der Waals surface area contributed by atoms with Crippen molar-refractivity contribution in [3.05, 3.63) is 60.2 Å². The second kappa shape index (κ2) is 10.1. The number of carbonyl (C=O) groups excluding carboxylic acids is 3. The minimum absolute atomic E-state index is 0.0277. The Labute approximate surface area is 237 Å².